The molecule has 0 aliphatic heterocycles. The van der Waals surface area contributed by atoms with Crippen LogP contribution in [0.1, 0.15) is 36.9 Å². The summed E-state index contributed by atoms with van der Waals surface area (Å²) >= 11 is 1.41. The SMILES string of the molecule is COc1ccc(Cn2cc(CO)nc2SCC(=O)NC2CCCC2)cc1. The molecule has 0 radical (unpaired) electrons. The average Bonchev–Trinajstić information content (AvgIpc) is 3.30. The number of aliphatic hydroxyl groups is 1. The molecule has 1 aromatic heterocycles. The van der Waals surface area contributed by atoms with Gasteiger partial charge < -0.3 is 19.7 Å². The lowest BCUT2D eigenvalue weighted by Crippen LogP contribution is -2.33. The largest absolute Gasteiger partial charge is 0.497 e. The number of methoxy groups -OCH3 is 1. The van der Waals surface area contributed by atoms with E-state index in [2.05, 4.69) is 10.3 Å². The van der Waals surface area contributed by atoms with Crippen molar-refractivity contribution in [2.45, 2.75) is 50.0 Å². The Labute approximate surface area is 158 Å². The Kier molecular flexibility index (Phi) is 6.57. The van der Waals surface area contributed by atoms with Crippen LogP contribution in [-0.2, 0) is 17.9 Å². The summed E-state index contributed by atoms with van der Waals surface area (Å²) in [5.74, 6) is 1.20. The first-order valence-electron chi connectivity index (χ1n) is 8.90. The molecule has 1 fully saturated rings. The van der Waals surface area contributed by atoms with Crippen molar-refractivity contribution in [2.75, 3.05) is 12.9 Å². The lowest BCUT2D eigenvalue weighted by molar-refractivity contribution is -0.119. The molecule has 140 valence electrons. The van der Waals surface area contributed by atoms with Gasteiger partial charge in [0.1, 0.15) is 5.75 Å². The van der Waals surface area contributed by atoms with E-state index in [1.165, 1.54) is 24.6 Å². The number of hydrogen-bond donors (Lipinski definition) is 2. The van der Waals surface area contributed by atoms with Crippen molar-refractivity contribution in [2.24, 2.45) is 0 Å². The molecule has 0 saturated heterocycles. The number of aromatic nitrogens is 2. The maximum Gasteiger partial charge on any atom is 0.230 e. The number of thioether (sulfide) groups is 1. The summed E-state index contributed by atoms with van der Waals surface area (Å²) in [6, 6.07) is 8.16. The second-order valence-electron chi connectivity index (χ2n) is 6.49. The molecule has 7 heteroatoms. The van der Waals surface area contributed by atoms with Gasteiger partial charge in [0, 0.05) is 18.8 Å². The fourth-order valence-electron chi connectivity index (χ4n) is 3.15. The van der Waals surface area contributed by atoms with Crippen molar-refractivity contribution in [3.8, 4) is 5.75 Å². The third-order valence-corrected chi connectivity index (χ3v) is 5.51. The molecule has 6 nitrogen and oxygen atoms in total. The highest BCUT2D eigenvalue weighted by atomic mass is 32.2. The van der Waals surface area contributed by atoms with E-state index in [0.29, 0.717) is 24.0 Å². The molecule has 3 rings (SSSR count). The van der Waals surface area contributed by atoms with Gasteiger partial charge in [-0.05, 0) is 30.5 Å². The van der Waals surface area contributed by atoms with Gasteiger partial charge in [-0.15, -0.1) is 0 Å². The third kappa shape index (κ3) is 5.02. The molecule has 0 atom stereocenters. The van der Waals surface area contributed by atoms with Crippen molar-refractivity contribution >= 4 is 17.7 Å². The zero-order chi connectivity index (χ0) is 18.4. The molecule has 0 unspecified atom stereocenters. The molecule has 26 heavy (non-hydrogen) atoms. The molecule has 2 N–H and O–H groups in total. The number of amides is 1. The van der Waals surface area contributed by atoms with Crippen LogP contribution in [0.4, 0.5) is 0 Å². The Morgan fingerprint density at radius 3 is 2.73 bits per heavy atom. The average molecular weight is 375 g/mol. The molecule has 1 aliphatic rings. The summed E-state index contributed by atoms with van der Waals surface area (Å²) in [7, 11) is 1.64. The Morgan fingerprint density at radius 1 is 1.35 bits per heavy atom. The number of ether oxygens (including phenoxy) is 1. The fourth-order valence-corrected chi connectivity index (χ4v) is 3.96. The number of imidazole rings is 1. The second kappa shape index (κ2) is 9.09. The molecule has 1 aliphatic carbocycles. The van der Waals surface area contributed by atoms with Crippen molar-refractivity contribution in [3.05, 3.63) is 41.7 Å². The third-order valence-electron chi connectivity index (χ3n) is 4.52. The van der Waals surface area contributed by atoms with Gasteiger partial charge in [-0.2, -0.15) is 0 Å². The van der Waals surface area contributed by atoms with Gasteiger partial charge in [0.05, 0.1) is 25.2 Å². The number of benzene rings is 1. The van der Waals surface area contributed by atoms with E-state index in [4.69, 9.17) is 4.74 Å². The molecule has 2 aromatic rings. The number of aliphatic hydroxyl groups excluding tert-OH is 1. The molecular weight excluding hydrogens is 350 g/mol. The minimum absolute atomic E-state index is 0.0476. The van der Waals surface area contributed by atoms with Crippen molar-refractivity contribution in [3.63, 3.8) is 0 Å². The zero-order valence-corrected chi connectivity index (χ0v) is 15.8. The number of carbonyl (C=O) groups excluding carboxylic acids is 1. The van der Waals surface area contributed by atoms with E-state index in [0.717, 1.165) is 29.3 Å². The Hall–Kier alpha value is -1.99. The van der Waals surface area contributed by atoms with Crippen LogP contribution in [0.3, 0.4) is 0 Å². The van der Waals surface area contributed by atoms with Gasteiger partial charge >= 0.3 is 0 Å². The lowest BCUT2D eigenvalue weighted by Gasteiger charge is -2.12. The molecule has 1 heterocycles. The van der Waals surface area contributed by atoms with Crippen LogP contribution in [0.5, 0.6) is 5.75 Å². The summed E-state index contributed by atoms with van der Waals surface area (Å²) in [6.07, 6.45) is 6.39. The first-order valence-corrected chi connectivity index (χ1v) is 9.88. The van der Waals surface area contributed by atoms with Gasteiger partial charge in [-0.3, -0.25) is 4.79 Å². The summed E-state index contributed by atoms with van der Waals surface area (Å²) < 4.78 is 7.16. The van der Waals surface area contributed by atoms with Crippen molar-refractivity contribution < 1.29 is 14.6 Å². The number of hydrogen-bond acceptors (Lipinski definition) is 5. The Balaban J connectivity index is 1.62. The van der Waals surface area contributed by atoms with E-state index < -0.39 is 0 Å². The molecule has 1 aromatic carbocycles. The van der Waals surface area contributed by atoms with E-state index in [-0.39, 0.29) is 12.5 Å². The highest BCUT2D eigenvalue weighted by Crippen LogP contribution is 2.22. The van der Waals surface area contributed by atoms with Crippen LogP contribution in [-0.4, -0.2) is 39.5 Å². The summed E-state index contributed by atoms with van der Waals surface area (Å²) in [5, 5.41) is 13.2. The van der Waals surface area contributed by atoms with E-state index in [1.54, 1.807) is 7.11 Å². The highest BCUT2D eigenvalue weighted by molar-refractivity contribution is 7.99. The first kappa shape index (κ1) is 18.8. The normalized spacial score (nSPS) is 14.5. The topological polar surface area (TPSA) is 76.4 Å². The first-order chi connectivity index (χ1) is 12.7. The van der Waals surface area contributed by atoms with Gasteiger partial charge in [-0.25, -0.2) is 4.98 Å². The quantitative estimate of drug-likeness (QED) is 0.694. The number of nitrogens with zero attached hydrogens (tertiary/aromatic N) is 2. The maximum atomic E-state index is 12.2. The van der Waals surface area contributed by atoms with E-state index >= 15 is 0 Å². The Bertz CT molecular complexity index is 724. The van der Waals surface area contributed by atoms with Crippen LogP contribution in [0, 0.1) is 0 Å². The van der Waals surface area contributed by atoms with Crippen LogP contribution in [0.2, 0.25) is 0 Å². The predicted octanol–water partition coefficient (Wildman–Crippen LogP) is 2.58. The fraction of sp³-hybridized carbons (Fsp3) is 0.474. The zero-order valence-electron chi connectivity index (χ0n) is 15.0. The van der Waals surface area contributed by atoms with Gasteiger partial charge in [-0.1, -0.05) is 36.7 Å². The molecule has 1 amide bonds. The van der Waals surface area contributed by atoms with Gasteiger partial charge in [0.25, 0.3) is 0 Å². The smallest absolute Gasteiger partial charge is 0.230 e. The van der Waals surface area contributed by atoms with Gasteiger partial charge in [0.15, 0.2) is 5.16 Å². The monoisotopic (exact) mass is 375 g/mol. The van der Waals surface area contributed by atoms with Crippen LogP contribution >= 0.6 is 11.8 Å². The number of nitrogens with one attached hydrogen (secondary N) is 1. The van der Waals surface area contributed by atoms with Crippen LogP contribution < -0.4 is 10.1 Å². The molecule has 0 bridgehead atoms. The minimum atomic E-state index is -0.114. The van der Waals surface area contributed by atoms with Crippen LogP contribution in [0.25, 0.3) is 0 Å². The number of rotatable bonds is 8. The van der Waals surface area contributed by atoms with Crippen molar-refractivity contribution in [1.82, 2.24) is 14.9 Å². The van der Waals surface area contributed by atoms with Crippen LogP contribution in [0.15, 0.2) is 35.6 Å². The highest BCUT2D eigenvalue weighted by Gasteiger charge is 2.18. The lowest BCUT2D eigenvalue weighted by atomic mass is 10.2. The van der Waals surface area contributed by atoms with E-state index in [9.17, 15) is 9.90 Å². The summed E-state index contributed by atoms with van der Waals surface area (Å²) in [5.41, 5.74) is 1.71. The predicted molar refractivity (Wildman–Crippen MR) is 101 cm³/mol. The van der Waals surface area contributed by atoms with Crippen molar-refractivity contribution in [1.29, 1.82) is 0 Å². The van der Waals surface area contributed by atoms with E-state index in [1.807, 2.05) is 35.0 Å². The standard InChI is InChI=1S/C19H25N3O3S/c1-25-17-8-6-14(7-9-17)10-22-11-16(12-23)21-19(22)26-13-18(24)20-15-4-2-3-5-15/h6-9,11,15,23H,2-5,10,12-13H2,1H3,(H,20,24). The molecule has 0 spiro atoms. The van der Waals surface area contributed by atoms with Gasteiger partial charge in [0.2, 0.25) is 5.91 Å². The Morgan fingerprint density at radius 2 is 2.08 bits per heavy atom. The summed E-state index contributed by atoms with van der Waals surface area (Å²) in [6.45, 7) is 0.515. The molecule has 1 saturated carbocycles. The maximum absolute atomic E-state index is 12.2. The number of carbonyl (C=O) groups is 1. The summed E-state index contributed by atoms with van der Waals surface area (Å²) in [4.78, 5) is 16.6. The molecular formula is C19H25N3O3S. The second-order valence-corrected chi connectivity index (χ2v) is 7.43. The minimum Gasteiger partial charge on any atom is -0.497 e.